The third-order valence-corrected chi connectivity index (χ3v) is 3.43. The molecule has 0 bridgehead atoms. The molecule has 78 valence electrons. The summed E-state index contributed by atoms with van der Waals surface area (Å²) in [7, 11) is 0. The minimum Gasteiger partial charge on any atom is -0.0911 e. The lowest BCUT2D eigenvalue weighted by Crippen LogP contribution is -2.01. The summed E-state index contributed by atoms with van der Waals surface area (Å²) in [6.07, 6.45) is 0. The Morgan fingerprint density at radius 1 is 0.750 bits per heavy atom. The Morgan fingerprint density at radius 3 is 2.19 bits per heavy atom. The molecule has 0 spiro atoms. The fraction of sp³-hybridized carbons (Fsp3) is 0.125. The van der Waals surface area contributed by atoms with Crippen molar-refractivity contribution in [3.63, 3.8) is 0 Å². The van der Waals surface area contributed by atoms with Crippen LogP contribution in [-0.2, 0) is 0 Å². The lowest BCUT2D eigenvalue weighted by Gasteiger charge is -2.10. The smallest absolute Gasteiger partial charge is 0.00277 e. The van der Waals surface area contributed by atoms with Crippen molar-refractivity contribution >= 4 is 28.1 Å². The van der Waals surface area contributed by atoms with E-state index in [0.29, 0.717) is 0 Å². The highest BCUT2D eigenvalue weighted by atomic mass is 14.1. The van der Waals surface area contributed by atoms with E-state index >= 15 is 0 Å². The number of rotatable bonds is 0. The van der Waals surface area contributed by atoms with Crippen LogP contribution in [0.15, 0.2) is 36.4 Å². The van der Waals surface area contributed by atoms with Gasteiger partial charge in [0.2, 0.25) is 0 Å². The van der Waals surface area contributed by atoms with Crippen LogP contribution in [0.3, 0.4) is 0 Å². The van der Waals surface area contributed by atoms with Crippen molar-refractivity contribution in [2.24, 2.45) is 0 Å². The summed E-state index contributed by atoms with van der Waals surface area (Å²) in [5, 5.41) is 6.47. The van der Waals surface area contributed by atoms with Crippen molar-refractivity contribution in [1.29, 1.82) is 0 Å². The second-order valence-corrected chi connectivity index (χ2v) is 4.51. The molecule has 0 aliphatic heterocycles. The largest absolute Gasteiger partial charge is 0.0911 e. The highest BCUT2D eigenvalue weighted by molar-refractivity contribution is 6.12. The van der Waals surface area contributed by atoms with E-state index in [4.69, 9.17) is 0 Å². The first-order valence-corrected chi connectivity index (χ1v) is 5.59. The van der Waals surface area contributed by atoms with E-state index in [1.165, 1.54) is 32.7 Å². The molecule has 0 atom stereocenters. The van der Waals surface area contributed by atoms with Crippen LogP contribution in [0.4, 0.5) is 0 Å². The monoisotopic (exact) mass is 206 g/mol. The number of hydrogen-bond acceptors (Lipinski definition) is 0. The van der Waals surface area contributed by atoms with Gasteiger partial charge in [-0.2, -0.15) is 0 Å². The topological polar surface area (TPSA) is 0 Å². The zero-order chi connectivity index (χ0) is 11.3. The van der Waals surface area contributed by atoms with E-state index in [1.807, 2.05) is 0 Å². The molecular weight excluding hydrogens is 192 g/mol. The molecule has 0 nitrogen and oxygen atoms in total. The Kier molecular flexibility index (Phi) is 1.81. The van der Waals surface area contributed by atoms with Gasteiger partial charge in [-0.05, 0) is 51.7 Å². The minimum absolute atomic E-state index is 1.13. The SMILES string of the molecule is C=c1ccc2c(C)ccc3ccc(C)c1c32. The first kappa shape index (κ1) is 9.41. The molecule has 0 N–H and O–H groups in total. The summed E-state index contributed by atoms with van der Waals surface area (Å²) in [5.74, 6) is 0. The molecule has 0 aliphatic carbocycles. The normalized spacial score (nSPS) is 11.4. The van der Waals surface area contributed by atoms with E-state index in [2.05, 4.69) is 56.8 Å². The van der Waals surface area contributed by atoms with Crippen LogP contribution in [0.2, 0.25) is 0 Å². The van der Waals surface area contributed by atoms with Gasteiger partial charge < -0.3 is 0 Å². The Bertz CT molecular complexity index is 730. The van der Waals surface area contributed by atoms with E-state index in [-0.39, 0.29) is 0 Å². The van der Waals surface area contributed by atoms with Gasteiger partial charge in [0.25, 0.3) is 0 Å². The molecule has 0 heterocycles. The maximum atomic E-state index is 4.14. The zero-order valence-corrected chi connectivity index (χ0v) is 9.67. The first-order valence-electron chi connectivity index (χ1n) is 5.59. The van der Waals surface area contributed by atoms with Gasteiger partial charge in [-0.1, -0.05) is 43.0 Å². The molecule has 3 aromatic rings. The second-order valence-electron chi connectivity index (χ2n) is 4.51. The lowest BCUT2D eigenvalue weighted by atomic mass is 9.94. The number of benzene rings is 3. The number of hydrogen-bond donors (Lipinski definition) is 0. The fourth-order valence-electron chi connectivity index (χ4n) is 2.55. The first-order chi connectivity index (χ1) is 7.68. The van der Waals surface area contributed by atoms with Gasteiger partial charge in [0.15, 0.2) is 0 Å². The molecule has 0 saturated heterocycles. The van der Waals surface area contributed by atoms with E-state index in [0.717, 1.165) is 5.22 Å². The standard InChI is InChI=1S/C16H14/c1-10-4-7-13-8-5-11(2)15-12(3)6-9-14(10)16(13)15/h4-9H,3H2,1-2H3. The maximum absolute atomic E-state index is 4.14. The van der Waals surface area contributed by atoms with Gasteiger partial charge in [0.1, 0.15) is 0 Å². The highest BCUT2D eigenvalue weighted by Gasteiger charge is 2.06. The van der Waals surface area contributed by atoms with Crippen LogP contribution in [0, 0.1) is 13.8 Å². The van der Waals surface area contributed by atoms with Crippen molar-refractivity contribution in [3.05, 3.63) is 52.7 Å². The minimum atomic E-state index is 1.13. The predicted octanol–water partition coefficient (Wildman–Crippen LogP) is 3.74. The third kappa shape index (κ3) is 1.10. The summed E-state index contributed by atoms with van der Waals surface area (Å²) >= 11 is 0. The molecule has 0 unspecified atom stereocenters. The van der Waals surface area contributed by atoms with Crippen molar-refractivity contribution in [1.82, 2.24) is 0 Å². The van der Waals surface area contributed by atoms with Gasteiger partial charge in [-0.15, -0.1) is 0 Å². The van der Waals surface area contributed by atoms with Gasteiger partial charge in [0.05, 0.1) is 0 Å². The summed E-state index contributed by atoms with van der Waals surface area (Å²) in [4.78, 5) is 0. The molecule has 3 aromatic carbocycles. The molecule has 0 heteroatoms. The molecule has 0 radical (unpaired) electrons. The molecule has 16 heavy (non-hydrogen) atoms. The summed E-state index contributed by atoms with van der Waals surface area (Å²) in [6.45, 7) is 8.47. The van der Waals surface area contributed by atoms with Crippen LogP contribution in [0.5, 0.6) is 0 Å². The molecule has 0 saturated carbocycles. The average Bonchev–Trinajstić information content (AvgIpc) is 2.27. The molecule has 3 rings (SSSR count). The Morgan fingerprint density at radius 2 is 1.44 bits per heavy atom. The van der Waals surface area contributed by atoms with E-state index in [1.54, 1.807) is 0 Å². The summed E-state index contributed by atoms with van der Waals surface area (Å²) in [6, 6.07) is 13.1. The summed E-state index contributed by atoms with van der Waals surface area (Å²) < 4.78 is 0. The molecular formula is C16H14. The van der Waals surface area contributed by atoms with Crippen molar-refractivity contribution in [2.45, 2.75) is 13.8 Å². The maximum Gasteiger partial charge on any atom is -0.00277 e. The van der Waals surface area contributed by atoms with Crippen molar-refractivity contribution in [3.8, 4) is 0 Å². The fourth-order valence-corrected chi connectivity index (χ4v) is 2.55. The highest BCUT2D eigenvalue weighted by Crippen LogP contribution is 2.28. The zero-order valence-electron chi connectivity index (χ0n) is 9.67. The second kappa shape index (κ2) is 3.08. The van der Waals surface area contributed by atoms with Crippen LogP contribution >= 0.6 is 0 Å². The van der Waals surface area contributed by atoms with E-state index in [9.17, 15) is 0 Å². The molecule has 0 aliphatic rings. The van der Waals surface area contributed by atoms with Crippen LogP contribution in [0.1, 0.15) is 11.1 Å². The third-order valence-electron chi connectivity index (χ3n) is 3.43. The van der Waals surface area contributed by atoms with Crippen LogP contribution in [0.25, 0.3) is 28.1 Å². The van der Waals surface area contributed by atoms with Gasteiger partial charge in [0, 0.05) is 0 Å². The number of aryl methyl sites for hydroxylation is 2. The molecule has 0 amide bonds. The van der Waals surface area contributed by atoms with Crippen molar-refractivity contribution in [2.75, 3.05) is 0 Å². The van der Waals surface area contributed by atoms with Crippen molar-refractivity contribution < 1.29 is 0 Å². The van der Waals surface area contributed by atoms with Gasteiger partial charge >= 0.3 is 0 Å². The average molecular weight is 206 g/mol. The lowest BCUT2D eigenvalue weighted by molar-refractivity contribution is 1.50. The van der Waals surface area contributed by atoms with Gasteiger partial charge in [-0.25, -0.2) is 0 Å². The molecule has 0 aromatic heterocycles. The van der Waals surface area contributed by atoms with Crippen LogP contribution < -0.4 is 5.22 Å². The van der Waals surface area contributed by atoms with E-state index < -0.39 is 0 Å². The Labute approximate surface area is 95.2 Å². The van der Waals surface area contributed by atoms with Gasteiger partial charge in [-0.3, -0.25) is 0 Å². The Balaban J connectivity index is 2.78. The quantitative estimate of drug-likeness (QED) is 0.525. The summed E-state index contributed by atoms with van der Waals surface area (Å²) in [5.41, 5.74) is 2.65. The predicted molar refractivity (Wildman–Crippen MR) is 71.7 cm³/mol. The Hall–Kier alpha value is -1.82. The van der Waals surface area contributed by atoms with Crippen LogP contribution in [-0.4, -0.2) is 0 Å². The molecule has 0 fully saturated rings.